The number of carbonyl (C=O) groups is 4. The lowest BCUT2D eigenvalue weighted by atomic mass is 9.92. The number of Topliss-reactive ketones (excluding diaryl/α,β-unsaturated/α-hetero) is 4. The van der Waals surface area contributed by atoms with E-state index in [2.05, 4.69) is 41.2 Å². The van der Waals surface area contributed by atoms with Crippen LogP contribution < -0.4 is 59.2 Å². The number of ketones is 4. The van der Waals surface area contributed by atoms with Crippen LogP contribution in [-0.4, -0.2) is 181 Å². The number of halogens is 6. The van der Waals surface area contributed by atoms with Crippen LogP contribution >= 0.6 is 58.0 Å². The normalized spacial score (nSPS) is 11.9. The minimum absolute atomic E-state index is 0.0670. The predicted octanol–water partition coefficient (Wildman–Crippen LogP) is 18.5. The molecule has 37 heteroatoms. The highest BCUT2D eigenvalue weighted by molar-refractivity contribution is 6.32. The molecular formula is C108H106Cl5FN8O23. The van der Waals surface area contributed by atoms with Gasteiger partial charge < -0.3 is 135 Å². The van der Waals surface area contributed by atoms with Crippen molar-refractivity contribution in [2.24, 2.45) is 0 Å². The molecule has 19 N–H and O–H groups in total. The third kappa shape index (κ3) is 26.8. The SMILES string of the molecule is COc1cc(NC(C(=O)c2c[nH]c3cc(CO)c(C)cc23)c2ccc(Cl)cc2CO)cc(OCCO)c1.COc1cc(NC(C(=O)c2c[nH]c3cc(CO)c(F)cc23)c2ccc(Cl)cc2CO)cc(OCCO)c1.COc1cc(NC(C(=O)c2c[nH]c3cc(CO)ccc23)c2ccc(Cl)cc2CO)cc(OCCO)c1.COc1cc(NC(C(=O)c2c[nH]c3cc(Cl)ccc23)c2ccc(Cl)cc2CO)cc(OCCO)c1. The zero-order valence-corrected chi connectivity index (χ0v) is 82.7. The largest absolute Gasteiger partial charge is 0.497 e. The van der Waals surface area contributed by atoms with Gasteiger partial charge >= 0.3 is 0 Å². The molecule has 4 unspecified atom stereocenters. The van der Waals surface area contributed by atoms with Gasteiger partial charge in [0.05, 0.1) is 101 Å². The van der Waals surface area contributed by atoms with E-state index in [1.807, 2.05) is 19.1 Å². The first-order valence-electron chi connectivity index (χ1n) is 45.3. The van der Waals surface area contributed by atoms with Crippen LogP contribution in [0.3, 0.4) is 0 Å². The number of aromatic nitrogens is 4. The van der Waals surface area contributed by atoms with E-state index in [9.17, 15) is 59.3 Å². The molecule has 4 aromatic heterocycles. The van der Waals surface area contributed by atoms with E-state index in [4.69, 9.17) is 116 Å². The number of fused-ring (bicyclic) bond motifs is 4. The molecular weight excluding hydrogens is 1970 g/mol. The number of carbonyl (C=O) groups excluding carboxylic acids is 4. The number of hydrogen-bond acceptors (Lipinski definition) is 27. The van der Waals surface area contributed by atoms with Gasteiger partial charge in [-0.05, 0) is 159 Å². The summed E-state index contributed by atoms with van der Waals surface area (Å²) in [6, 6.07) is 53.5. The number of methoxy groups -OCH3 is 4. The molecule has 0 aliphatic rings. The zero-order chi connectivity index (χ0) is 104. The molecule has 12 aromatic carbocycles. The van der Waals surface area contributed by atoms with Crippen LogP contribution in [0.5, 0.6) is 46.0 Å². The van der Waals surface area contributed by atoms with Gasteiger partial charge in [0.25, 0.3) is 0 Å². The van der Waals surface area contributed by atoms with Gasteiger partial charge in [-0.2, -0.15) is 0 Å². The molecule has 0 saturated carbocycles. The predicted molar refractivity (Wildman–Crippen MR) is 555 cm³/mol. The maximum atomic E-state index is 14.5. The van der Waals surface area contributed by atoms with Crippen molar-refractivity contribution >= 4 is 147 Å². The average molecular weight is 2080 g/mol. The minimum Gasteiger partial charge on any atom is -0.497 e. The number of aliphatic hydroxyl groups is 11. The monoisotopic (exact) mass is 2080 g/mol. The summed E-state index contributed by atoms with van der Waals surface area (Å²) in [5.41, 5.74) is 13.0. The summed E-state index contributed by atoms with van der Waals surface area (Å²) in [5, 5.41) is 123. The Bertz CT molecular complexity index is 7050. The van der Waals surface area contributed by atoms with Crippen molar-refractivity contribution in [2.75, 3.05) is 103 Å². The van der Waals surface area contributed by atoms with Crippen LogP contribution in [0.15, 0.2) is 231 Å². The molecule has 16 aromatic rings. The van der Waals surface area contributed by atoms with Crippen molar-refractivity contribution in [3.8, 4) is 46.0 Å². The first-order valence-corrected chi connectivity index (χ1v) is 47.2. The van der Waals surface area contributed by atoms with Crippen LogP contribution in [0.2, 0.25) is 25.1 Å². The number of ether oxygens (including phenoxy) is 8. The summed E-state index contributed by atoms with van der Waals surface area (Å²) < 4.78 is 58.3. The van der Waals surface area contributed by atoms with Crippen molar-refractivity contribution < 1.29 is 118 Å². The van der Waals surface area contributed by atoms with Gasteiger partial charge in [0.15, 0.2) is 23.1 Å². The number of aliphatic hydroxyl groups excluding tert-OH is 11. The number of nitrogens with one attached hydrogen (secondary N) is 8. The van der Waals surface area contributed by atoms with Gasteiger partial charge in [0.2, 0.25) is 0 Å². The number of aryl methyl sites for hydroxylation is 1. The van der Waals surface area contributed by atoms with E-state index in [-0.39, 0.29) is 121 Å². The molecule has 0 bridgehead atoms. The van der Waals surface area contributed by atoms with Crippen LogP contribution in [-0.2, 0) is 46.2 Å². The Balaban J connectivity index is 0.000000162. The van der Waals surface area contributed by atoms with Gasteiger partial charge in [-0.25, -0.2) is 4.39 Å². The summed E-state index contributed by atoms with van der Waals surface area (Å²) in [6.45, 7) is -0.321. The smallest absolute Gasteiger partial charge is 0.191 e. The third-order valence-corrected chi connectivity index (χ3v) is 24.7. The number of hydrogen-bond donors (Lipinski definition) is 19. The lowest BCUT2D eigenvalue weighted by Crippen LogP contribution is -2.23. The van der Waals surface area contributed by atoms with Crippen molar-refractivity contribution in [3.05, 3.63) is 351 Å². The standard InChI is InChI=1S/C28H29ClN2O6.C27H26ClFN2O6.C27H27ClN2O6.C26H24Cl2N2O5/c1-16-7-24-25(13-30-26(24)9-17(16)14-33)28(35)27(23-4-3-19(29)8-18(23)15-34)31-20-10-21(36-2)12-22(11-20)37-6-5-32;1-36-19-8-18(9-20(10-19)37-5-4-32)31-26(21-3-2-17(28)6-15(21)13-33)27(35)23-12-30-25-7-16(14-34)24(29)11-22(23)25;1-35-20-10-19(11-21(12-20)36-7-6-31)30-26(22-5-3-18(28)9-17(22)15-33)27(34)24-13-29-25-8-16(14-32)2-4-23(24)25;1-34-19-10-18(11-20(12-19)35-7-6-31)30-25(21-4-2-16(27)8-15(21)14-32)26(33)23-13-29-24-9-17(28)3-5-22(23)24/h3-4,7-13,27,30-34H,5-6,14-15H2,1-2H3;2-3,6-12,26,30-34H,4-5,13-14H2,1H3;2-5,8-13,26,29-33H,6-7,14-15H2,1H3;2-5,8-13,25,29-32H,6-7,14H2,1H3. The summed E-state index contributed by atoms with van der Waals surface area (Å²) in [5.74, 6) is 2.02. The molecule has 145 heavy (non-hydrogen) atoms. The number of aromatic amines is 4. The molecule has 0 saturated heterocycles. The lowest BCUT2D eigenvalue weighted by Gasteiger charge is -2.22. The summed E-state index contributed by atoms with van der Waals surface area (Å²) >= 11 is 30.7. The zero-order valence-electron chi connectivity index (χ0n) is 78.9. The van der Waals surface area contributed by atoms with Crippen LogP contribution in [0.25, 0.3) is 43.6 Å². The molecule has 4 atom stereocenters. The van der Waals surface area contributed by atoms with Gasteiger partial charge in [-0.3, -0.25) is 19.2 Å². The Hall–Kier alpha value is -14.0. The van der Waals surface area contributed by atoms with Crippen LogP contribution in [0.1, 0.15) is 132 Å². The van der Waals surface area contributed by atoms with Crippen molar-refractivity contribution in [1.29, 1.82) is 0 Å². The Kier molecular flexibility index (Phi) is 38.5. The Morgan fingerprint density at radius 1 is 0.290 bits per heavy atom. The molecule has 4 heterocycles. The summed E-state index contributed by atoms with van der Waals surface area (Å²) in [7, 11) is 6.06. The average Bonchev–Trinajstić information content (AvgIpc) is 1.67. The molecule has 758 valence electrons. The molecule has 0 amide bonds. The first kappa shape index (κ1) is 108. The topological polar surface area (TPSA) is 476 Å². The Morgan fingerprint density at radius 3 is 0.848 bits per heavy atom. The van der Waals surface area contributed by atoms with Gasteiger partial charge in [-0.15, -0.1) is 0 Å². The fourth-order valence-electron chi connectivity index (χ4n) is 16.5. The van der Waals surface area contributed by atoms with Gasteiger partial charge in [-0.1, -0.05) is 100 Å². The highest BCUT2D eigenvalue weighted by Gasteiger charge is 2.34. The summed E-state index contributed by atoms with van der Waals surface area (Å²) in [4.78, 5) is 68.4. The summed E-state index contributed by atoms with van der Waals surface area (Å²) in [6.07, 6.45) is 6.42. The van der Waals surface area contributed by atoms with E-state index in [0.29, 0.717) is 171 Å². The van der Waals surface area contributed by atoms with E-state index in [1.54, 1.807) is 201 Å². The van der Waals surface area contributed by atoms with E-state index in [1.165, 1.54) is 46.8 Å². The second-order valence-electron chi connectivity index (χ2n) is 32.8. The van der Waals surface area contributed by atoms with Crippen molar-refractivity contribution in [3.63, 3.8) is 0 Å². The van der Waals surface area contributed by atoms with Gasteiger partial charge in [0.1, 0.15) is 102 Å². The quantitative estimate of drug-likeness (QED) is 0.0158. The molecule has 0 spiro atoms. The van der Waals surface area contributed by atoms with Gasteiger partial charge in [0, 0.05) is 217 Å². The minimum atomic E-state index is -1.02. The fourth-order valence-corrected chi connectivity index (χ4v) is 17.4. The van der Waals surface area contributed by atoms with E-state index < -0.39 is 42.4 Å². The molecule has 16 rings (SSSR count). The number of rotatable bonds is 43. The Labute approximate surface area is 856 Å². The highest BCUT2D eigenvalue weighted by Crippen LogP contribution is 2.42. The van der Waals surface area contributed by atoms with Crippen molar-refractivity contribution in [2.45, 2.75) is 77.3 Å². The van der Waals surface area contributed by atoms with Crippen LogP contribution in [0, 0.1) is 12.7 Å². The van der Waals surface area contributed by atoms with Crippen molar-refractivity contribution in [1.82, 2.24) is 19.9 Å². The second kappa shape index (κ2) is 51.5. The molecule has 31 nitrogen and oxygen atoms in total. The van der Waals surface area contributed by atoms with Crippen LogP contribution in [0.4, 0.5) is 27.1 Å². The first-order chi connectivity index (χ1) is 70.1. The van der Waals surface area contributed by atoms with E-state index in [0.717, 1.165) is 44.0 Å². The molecule has 0 radical (unpaired) electrons. The molecule has 0 aliphatic carbocycles. The maximum Gasteiger partial charge on any atom is 0.191 e. The lowest BCUT2D eigenvalue weighted by molar-refractivity contribution is 0.0962. The maximum absolute atomic E-state index is 14.5. The second-order valence-corrected chi connectivity index (χ2v) is 35.0. The molecule has 0 aliphatic heterocycles. The highest BCUT2D eigenvalue weighted by atomic mass is 35.5. The fraction of sp³-hybridized carbons (Fsp3) is 0.222. The van der Waals surface area contributed by atoms with E-state index >= 15 is 0 Å². The number of benzene rings is 12. The number of H-pyrrole nitrogens is 4. The Morgan fingerprint density at radius 2 is 0.552 bits per heavy atom. The number of anilines is 4. The third-order valence-electron chi connectivity index (χ3n) is 23.5. The molecule has 0 fully saturated rings.